The molecule has 32 heavy (non-hydrogen) atoms. The first-order valence-electron chi connectivity index (χ1n) is 10.6. The molecule has 8 nitrogen and oxygen atoms in total. The van der Waals surface area contributed by atoms with E-state index in [-0.39, 0.29) is 23.0 Å². The van der Waals surface area contributed by atoms with Crippen LogP contribution < -0.4 is 5.32 Å². The van der Waals surface area contributed by atoms with Crippen LogP contribution in [0, 0.1) is 20.8 Å². The quantitative estimate of drug-likeness (QED) is 0.563. The highest BCUT2D eigenvalue weighted by atomic mass is 32.2. The molecular formula is C23H29N5O3S. The molecule has 2 aromatic carbocycles. The maximum Gasteiger partial charge on any atom is 0.274 e. The summed E-state index contributed by atoms with van der Waals surface area (Å²) < 4.78 is 26.6. The largest absolute Gasteiger partial charge is 0.347 e. The molecule has 9 heteroatoms. The van der Waals surface area contributed by atoms with Gasteiger partial charge in [-0.1, -0.05) is 43.7 Å². The van der Waals surface area contributed by atoms with E-state index in [1.165, 1.54) is 9.10 Å². The van der Waals surface area contributed by atoms with E-state index in [0.717, 1.165) is 22.4 Å². The fourth-order valence-corrected chi connectivity index (χ4v) is 4.94. The van der Waals surface area contributed by atoms with E-state index < -0.39 is 10.0 Å². The summed E-state index contributed by atoms with van der Waals surface area (Å²) in [5.74, 6) is -0.335. The Kier molecular flexibility index (Phi) is 7.10. The van der Waals surface area contributed by atoms with E-state index in [0.29, 0.717) is 18.8 Å². The lowest BCUT2D eigenvalue weighted by Crippen LogP contribution is -2.30. The van der Waals surface area contributed by atoms with Crippen LogP contribution in [0.25, 0.3) is 5.69 Å². The van der Waals surface area contributed by atoms with Crippen molar-refractivity contribution in [3.8, 4) is 5.69 Å². The van der Waals surface area contributed by atoms with Crippen LogP contribution in [0.3, 0.4) is 0 Å². The van der Waals surface area contributed by atoms with Gasteiger partial charge in [0, 0.05) is 19.6 Å². The van der Waals surface area contributed by atoms with Gasteiger partial charge in [-0.3, -0.25) is 4.79 Å². The Hall–Kier alpha value is -3.04. The van der Waals surface area contributed by atoms with E-state index in [1.807, 2.05) is 45.9 Å². The average Bonchev–Trinajstić information content (AvgIpc) is 3.14. The number of nitrogens with zero attached hydrogens (tertiary/aromatic N) is 4. The van der Waals surface area contributed by atoms with Gasteiger partial charge in [0.15, 0.2) is 5.69 Å². The molecule has 0 unspecified atom stereocenters. The Morgan fingerprint density at radius 1 is 1.00 bits per heavy atom. The van der Waals surface area contributed by atoms with Crippen LogP contribution in [-0.2, 0) is 16.6 Å². The smallest absolute Gasteiger partial charge is 0.274 e. The van der Waals surface area contributed by atoms with Crippen molar-refractivity contribution in [3.05, 3.63) is 70.5 Å². The summed E-state index contributed by atoms with van der Waals surface area (Å²) in [4.78, 5) is 14.4. The lowest BCUT2D eigenvalue weighted by atomic mass is 10.1. The van der Waals surface area contributed by atoms with Crippen LogP contribution in [0.1, 0.15) is 46.7 Å². The lowest BCUT2D eigenvalue weighted by molar-refractivity contribution is 0.0945. The van der Waals surface area contributed by atoms with Crippen molar-refractivity contribution >= 4 is 15.9 Å². The molecule has 0 spiro atoms. The van der Waals surface area contributed by atoms with Gasteiger partial charge < -0.3 is 5.32 Å². The molecule has 1 heterocycles. The number of amides is 1. The highest BCUT2D eigenvalue weighted by Crippen LogP contribution is 2.17. The van der Waals surface area contributed by atoms with Gasteiger partial charge >= 0.3 is 0 Å². The summed E-state index contributed by atoms with van der Waals surface area (Å²) in [5.41, 5.74) is 4.56. The Labute approximate surface area is 189 Å². The first-order chi connectivity index (χ1) is 15.2. The summed E-state index contributed by atoms with van der Waals surface area (Å²) in [6, 6.07) is 12.5. The zero-order valence-corrected chi connectivity index (χ0v) is 19.9. The van der Waals surface area contributed by atoms with Crippen molar-refractivity contribution in [1.29, 1.82) is 0 Å². The zero-order valence-electron chi connectivity index (χ0n) is 19.1. The number of sulfonamides is 1. The fourth-order valence-electron chi connectivity index (χ4n) is 3.48. The predicted octanol–water partition coefficient (Wildman–Crippen LogP) is 3.15. The number of carbonyl (C=O) groups is 1. The molecule has 0 atom stereocenters. The molecular weight excluding hydrogens is 426 g/mol. The molecule has 1 aromatic heterocycles. The minimum atomic E-state index is -3.50. The van der Waals surface area contributed by atoms with Gasteiger partial charge in [0.2, 0.25) is 10.0 Å². The van der Waals surface area contributed by atoms with E-state index in [4.69, 9.17) is 0 Å². The number of hydrogen-bond donors (Lipinski definition) is 1. The van der Waals surface area contributed by atoms with Crippen molar-refractivity contribution < 1.29 is 13.2 Å². The number of hydrogen-bond acceptors (Lipinski definition) is 5. The third-order valence-electron chi connectivity index (χ3n) is 5.28. The van der Waals surface area contributed by atoms with Crippen molar-refractivity contribution in [3.63, 3.8) is 0 Å². The highest BCUT2D eigenvalue weighted by molar-refractivity contribution is 7.89. The van der Waals surface area contributed by atoms with Crippen LogP contribution in [0.5, 0.6) is 0 Å². The Morgan fingerprint density at radius 2 is 1.66 bits per heavy atom. The van der Waals surface area contributed by atoms with Gasteiger partial charge in [0.25, 0.3) is 5.91 Å². The monoisotopic (exact) mass is 455 g/mol. The Bertz CT molecular complexity index is 1210. The van der Waals surface area contributed by atoms with Crippen molar-refractivity contribution in [1.82, 2.24) is 24.6 Å². The number of rotatable bonds is 8. The third-order valence-corrected chi connectivity index (χ3v) is 7.35. The van der Waals surface area contributed by atoms with Gasteiger partial charge in [-0.2, -0.15) is 14.2 Å². The second-order valence-electron chi connectivity index (χ2n) is 7.63. The summed E-state index contributed by atoms with van der Waals surface area (Å²) in [7, 11) is -3.50. The standard InChI is InChI=1S/C23H29N5O3S/c1-6-27(7-2)32(30,31)20-11-9-19(10-12-20)15-24-23(29)22-18(5)25-28(26-22)21-13-8-16(3)14-17(21)4/h8-14H,6-7,15H2,1-5H3,(H,24,29). The molecule has 170 valence electrons. The second-order valence-corrected chi connectivity index (χ2v) is 9.57. The highest BCUT2D eigenvalue weighted by Gasteiger charge is 2.21. The number of aryl methyl sites for hydroxylation is 3. The van der Waals surface area contributed by atoms with Crippen LogP contribution in [0.2, 0.25) is 0 Å². The normalized spacial score (nSPS) is 11.7. The second kappa shape index (κ2) is 9.62. The van der Waals surface area contributed by atoms with Crippen LogP contribution in [-0.4, -0.2) is 46.7 Å². The molecule has 3 rings (SSSR count). The summed E-state index contributed by atoms with van der Waals surface area (Å²) in [6.07, 6.45) is 0. The van der Waals surface area contributed by atoms with Crippen molar-refractivity contribution in [2.75, 3.05) is 13.1 Å². The van der Waals surface area contributed by atoms with Gasteiger partial charge in [0.1, 0.15) is 0 Å². The minimum Gasteiger partial charge on any atom is -0.347 e. The molecule has 1 amide bonds. The molecule has 1 N–H and O–H groups in total. The van der Waals surface area contributed by atoms with E-state index >= 15 is 0 Å². The topological polar surface area (TPSA) is 97.2 Å². The molecule has 0 fully saturated rings. The molecule has 0 saturated heterocycles. The van der Waals surface area contributed by atoms with Gasteiger partial charge in [-0.05, 0) is 50.1 Å². The van der Waals surface area contributed by atoms with Gasteiger partial charge in [0.05, 0.1) is 16.3 Å². The maximum atomic E-state index is 12.7. The number of aromatic nitrogens is 3. The van der Waals surface area contributed by atoms with Gasteiger partial charge in [-0.15, -0.1) is 5.10 Å². The molecule has 0 saturated carbocycles. The zero-order chi connectivity index (χ0) is 23.5. The molecule has 0 radical (unpaired) electrons. The Morgan fingerprint density at radius 3 is 2.25 bits per heavy atom. The molecule has 0 bridgehead atoms. The number of carbonyl (C=O) groups excluding carboxylic acids is 1. The van der Waals surface area contributed by atoms with Crippen molar-refractivity contribution in [2.24, 2.45) is 0 Å². The van der Waals surface area contributed by atoms with E-state index in [1.54, 1.807) is 31.2 Å². The average molecular weight is 456 g/mol. The van der Waals surface area contributed by atoms with Crippen LogP contribution in [0.15, 0.2) is 47.4 Å². The number of benzene rings is 2. The van der Waals surface area contributed by atoms with E-state index in [2.05, 4.69) is 15.5 Å². The summed E-state index contributed by atoms with van der Waals surface area (Å²) in [6.45, 7) is 10.4. The van der Waals surface area contributed by atoms with Crippen LogP contribution in [0.4, 0.5) is 0 Å². The van der Waals surface area contributed by atoms with Crippen LogP contribution >= 0.6 is 0 Å². The molecule has 3 aromatic rings. The van der Waals surface area contributed by atoms with Gasteiger partial charge in [-0.25, -0.2) is 8.42 Å². The molecule has 0 aliphatic rings. The molecule has 0 aliphatic carbocycles. The third kappa shape index (κ3) is 4.89. The fraction of sp³-hybridized carbons (Fsp3) is 0.348. The summed E-state index contributed by atoms with van der Waals surface area (Å²) >= 11 is 0. The lowest BCUT2D eigenvalue weighted by Gasteiger charge is -2.18. The first-order valence-corrected chi connectivity index (χ1v) is 12.0. The van der Waals surface area contributed by atoms with Crippen molar-refractivity contribution in [2.45, 2.75) is 46.1 Å². The first kappa shape index (κ1) is 23.6. The summed E-state index contributed by atoms with van der Waals surface area (Å²) in [5, 5.41) is 11.6. The predicted molar refractivity (Wildman–Crippen MR) is 123 cm³/mol. The maximum absolute atomic E-state index is 12.7. The Balaban J connectivity index is 1.71. The molecule has 0 aliphatic heterocycles. The number of nitrogens with one attached hydrogen (secondary N) is 1. The SMILES string of the molecule is CCN(CC)S(=O)(=O)c1ccc(CNC(=O)c2nn(-c3ccc(C)cc3C)nc2C)cc1. The minimum absolute atomic E-state index is 0.239. The van der Waals surface area contributed by atoms with E-state index in [9.17, 15) is 13.2 Å².